The van der Waals surface area contributed by atoms with Crippen LogP contribution in [0.5, 0.6) is 5.75 Å². The lowest BCUT2D eigenvalue weighted by Gasteiger charge is -2.25. The Bertz CT molecular complexity index is 1030. The van der Waals surface area contributed by atoms with Crippen LogP contribution in [0.2, 0.25) is 0 Å². The zero-order valence-electron chi connectivity index (χ0n) is 14.5. The van der Waals surface area contributed by atoms with Crippen LogP contribution in [-0.4, -0.2) is 21.7 Å². The maximum atomic E-state index is 12.2. The number of aromatic nitrogens is 2. The Hall–Kier alpha value is -3.32. The summed E-state index contributed by atoms with van der Waals surface area (Å²) in [6.45, 7) is 1.74. The number of amides is 1. The first-order chi connectivity index (χ1) is 13.2. The van der Waals surface area contributed by atoms with Crippen LogP contribution in [0.25, 0.3) is 6.08 Å². The number of fused-ring (bicyclic) bond motifs is 1. The number of nitrogens with zero attached hydrogens (tertiary/aromatic N) is 3. The summed E-state index contributed by atoms with van der Waals surface area (Å²) in [5, 5.41) is 7.96. The molecule has 2 aromatic carbocycles. The van der Waals surface area contributed by atoms with E-state index < -0.39 is 0 Å². The molecule has 1 amide bonds. The zero-order chi connectivity index (χ0) is 18.6. The van der Waals surface area contributed by atoms with Gasteiger partial charge in [0.05, 0.1) is 11.9 Å². The summed E-state index contributed by atoms with van der Waals surface area (Å²) in [5.41, 5.74) is 5.95. The van der Waals surface area contributed by atoms with E-state index in [-0.39, 0.29) is 12.0 Å². The average Bonchev–Trinajstić information content (AvgIpc) is 3.14. The van der Waals surface area contributed by atoms with Gasteiger partial charge in [0.2, 0.25) is 0 Å². The van der Waals surface area contributed by atoms with Crippen LogP contribution in [0, 0.1) is 6.92 Å². The highest BCUT2D eigenvalue weighted by Gasteiger charge is 2.23. The van der Waals surface area contributed by atoms with Crippen molar-refractivity contribution in [3.63, 3.8) is 0 Å². The first kappa shape index (κ1) is 17.1. The molecule has 6 nitrogen and oxygen atoms in total. The lowest BCUT2D eigenvalue weighted by molar-refractivity contribution is 0.0958. The molecular formula is C20H16N4O2S. The fraction of sp³-hybridized carbons (Fsp3) is 0.100. The molecule has 1 unspecified atom stereocenters. The summed E-state index contributed by atoms with van der Waals surface area (Å²) in [7, 11) is 0. The standard InChI is InChI=1S/C20H16N4O2S/c1-13-19(27-24-22-13)20(25)23-21-12-16-11-15-9-5-6-10-17(15)26-18(16)14-7-3-2-4-8-14/h2-12,18H,1H3,(H,23,25)/b21-12+. The van der Waals surface area contributed by atoms with Crippen LogP contribution in [-0.2, 0) is 0 Å². The number of hydrazone groups is 1. The van der Waals surface area contributed by atoms with E-state index in [1.165, 1.54) is 0 Å². The number of aryl methyl sites for hydroxylation is 1. The molecule has 4 rings (SSSR count). The number of para-hydroxylation sites is 1. The van der Waals surface area contributed by atoms with Crippen molar-refractivity contribution in [2.24, 2.45) is 5.10 Å². The van der Waals surface area contributed by atoms with E-state index in [4.69, 9.17) is 4.74 Å². The third-order valence-electron chi connectivity index (χ3n) is 4.13. The maximum Gasteiger partial charge on any atom is 0.285 e. The third kappa shape index (κ3) is 3.63. The molecule has 134 valence electrons. The Morgan fingerprint density at radius 1 is 1.19 bits per heavy atom. The highest BCUT2D eigenvalue weighted by Crippen LogP contribution is 2.36. The third-order valence-corrected chi connectivity index (χ3v) is 4.96. The van der Waals surface area contributed by atoms with E-state index in [1.807, 2.05) is 60.7 Å². The first-order valence-electron chi connectivity index (χ1n) is 8.37. The van der Waals surface area contributed by atoms with Crippen LogP contribution in [0.4, 0.5) is 0 Å². The summed E-state index contributed by atoms with van der Waals surface area (Å²) in [5.74, 6) is 0.492. The number of hydrogen-bond acceptors (Lipinski definition) is 6. The minimum atomic E-state index is -0.326. The van der Waals surface area contributed by atoms with Crippen LogP contribution >= 0.6 is 11.5 Å². The average molecular weight is 376 g/mol. The van der Waals surface area contributed by atoms with Crippen LogP contribution < -0.4 is 10.2 Å². The van der Waals surface area contributed by atoms with Crippen molar-refractivity contribution in [3.05, 3.63) is 81.9 Å². The SMILES string of the molecule is Cc1nnsc1C(=O)N/N=C/C1=Cc2ccccc2OC1c1ccccc1. The van der Waals surface area contributed by atoms with Gasteiger partial charge >= 0.3 is 0 Å². The molecule has 0 aliphatic carbocycles. The fourth-order valence-corrected chi connectivity index (χ4v) is 3.35. The predicted octanol–water partition coefficient (Wildman–Crippen LogP) is 3.78. The van der Waals surface area contributed by atoms with Crippen molar-refractivity contribution in [1.29, 1.82) is 0 Å². The molecular weight excluding hydrogens is 360 g/mol. The van der Waals surface area contributed by atoms with Crippen molar-refractivity contribution in [1.82, 2.24) is 15.0 Å². The lowest BCUT2D eigenvalue weighted by atomic mass is 9.97. The zero-order valence-corrected chi connectivity index (χ0v) is 15.3. The minimum absolute atomic E-state index is 0.298. The van der Waals surface area contributed by atoms with Gasteiger partial charge in [-0.05, 0) is 36.2 Å². The number of benzene rings is 2. The smallest absolute Gasteiger partial charge is 0.285 e. The van der Waals surface area contributed by atoms with Gasteiger partial charge in [-0.25, -0.2) is 5.43 Å². The largest absolute Gasteiger partial charge is 0.480 e. The molecule has 2 heterocycles. The van der Waals surface area contributed by atoms with E-state index in [0.29, 0.717) is 10.6 Å². The Morgan fingerprint density at radius 2 is 1.96 bits per heavy atom. The maximum absolute atomic E-state index is 12.2. The van der Waals surface area contributed by atoms with Crippen molar-refractivity contribution < 1.29 is 9.53 Å². The lowest BCUT2D eigenvalue weighted by Crippen LogP contribution is -2.20. The first-order valence-corrected chi connectivity index (χ1v) is 9.14. The molecule has 1 N–H and O–H groups in total. The minimum Gasteiger partial charge on any atom is -0.480 e. The Kier molecular flexibility index (Phi) is 4.76. The van der Waals surface area contributed by atoms with E-state index in [9.17, 15) is 4.79 Å². The van der Waals surface area contributed by atoms with Crippen molar-refractivity contribution >= 4 is 29.7 Å². The summed E-state index contributed by atoms with van der Waals surface area (Å²) in [6, 6.07) is 17.7. The van der Waals surface area contributed by atoms with E-state index in [2.05, 4.69) is 20.1 Å². The molecule has 0 fully saturated rings. The molecule has 7 heteroatoms. The molecule has 1 atom stereocenters. The second kappa shape index (κ2) is 7.51. The van der Waals surface area contributed by atoms with Gasteiger partial charge in [0.15, 0.2) is 6.10 Å². The Morgan fingerprint density at radius 3 is 2.74 bits per heavy atom. The van der Waals surface area contributed by atoms with E-state index in [0.717, 1.165) is 34.0 Å². The quantitative estimate of drug-likeness (QED) is 0.555. The summed E-state index contributed by atoms with van der Waals surface area (Å²) in [4.78, 5) is 12.6. The second-order valence-electron chi connectivity index (χ2n) is 5.98. The molecule has 1 aliphatic rings. The van der Waals surface area contributed by atoms with Gasteiger partial charge in [0.25, 0.3) is 5.91 Å². The van der Waals surface area contributed by atoms with Crippen LogP contribution in [0.1, 0.15) is 32.6 Å². The Labute approximate surface area is 160 Å². The predicted molar refractivity (Wildman–Crippen MR) is 105 cm³/mol. The van der Waals surface area contributed by atoms with Gasteiger partial charge < -0.3 is 4.74 Å². The fourth-order valence-electron chi connectivity index (χ4n) is 2.81. The highest BCUT2D eigenvalue weighted by molar-refractivity contribution is 7.07. The highest BCUT2D eigenvalue weighted by atomic mass is 32.1. The summed E-state index contributed by atoms with van der Waals surface area (Å²) >= 11 is 1.05. The monoisotopic (exact) mass is 376 g/mol. The number of carbonyl (C=O) groups excluding carboxylic acids is 1. The molecule has 27 heavy (non-hydrogen) atoms. The van der Waals surface area contributed by atoms with Crippen LogP contribution in [0.3, 0.4) is 0 Å². The number of hydrogen-bond donors (Lipinski definition) is 1. The molecule has 3 aromatic rings. The number of nitrogens with one attached hydrogen (secondary N) is 1. The van der Waals surface area contributed by atoms with Gasteiger partial charge in [-0.1, -0.05) is 53.0 Å². The van der Waals surface area contributed by atoms with Gasteiger partial charge in [-0.15, -0.1) is 5.10 Å². The summed E-state index contributed by atoms with van der Waals surface area (Å²) in [6.07, 6.45) is 3.34. The van der Waals surface area contributed by atoms with Crippen LogP contribution in [0.15, 0.2) is 65.3 Å². The second-order valence-corrected chi connectivity index (χ2v) is 6.73. The van der Waals surface area contributed by atoms with Crippen molar-refractivity contribution in [2.75, 3.05) is 0 Å². The molecule has 0 radical (unpaired) electrons. The van der Waals surface area contributed by atoms with Crippen molar-refractivity contribution in [2.45, 2.75) is 13.0 Å². The molecule has 0 saturated carbocycles. The van der Waals surface area contributed by atoms with Crippen molar-refractivity contribution in [3.8, 4) is 5.75 Å². The molecule has 0 bridgehead atoms. The Balaban J connectivity index is 1.60. The topological polar surface area (TPSA) is 76.5 Å². The number of rotatable bonds is 4. The van der Waals surface area contributed by atoms with Gasteiger partial charge in [0, 0.05) is 11.1 Å². The number of ether oxygens (including phenoxy) is 1. The van der Waals surface area contributed by atoms with Gasteiger partial charge in [-0.2, -0.15) is 5.10 Å². The summed E-state index contributed by atoms with van der Waals surface area (Å²) < 4.78 is 9.95. The van der Waals surface area contributed by atoms with E-state index in [1.54, 1.807) is 13.1 Å². The van der Waals surface area contributed by atoms with Gasteiger partial charge in [0.1, 0.15) is 10.6 Å². The molecule has 1 aromatic heterocycles. The number of carbonyl (C=O) groups is 1. The molecule has 0 spiro atoms. The molecule has 0 saturated heterocycles. The van der Waals surface area contributed by atoms with E-state index >= 15 is 0 Å². The van der Waals surface area contributed by atoms with Gasteiger partial charge in [-0.3, -0.25) is 4.79 Å². The molecule has 1 aliphatic heterocycles. The normalized spacial score (nSPS) is 15.7.